The minimum atomic E-state index is -1.32. The molecule has 2 aromatic rings. The number of nitrogens with one attached hydrogen (secondary N) is 1. The monoisotopic (exact) mass is 298 g/mol. The Hall–Kier alpha value is -1.77. The molecule has 0 radical (unpaired) electrons. The van der Waals surface area contributed by atoms with Gasteiger partial charge in [0.05, 0.1) is 11.5 Å². The third kappa shape index (κ3) is 3.16. The number of hydrogen-bond acceptors (Lipinski definition) is 6. The van der Waals surface area contributed by atoms with Gasteiger partial charge in [0.25, 0.3) is 5.91 Å². The first-order valence-electron chi connectivity index (χ1n) is 5.25. The van der Waals surface area contributed by atoms with E-state index in [1.54, 1.807) is 5.38 Å². The van der Waals surface area contributed by atoms with E-state index in [1.165, 1.54) is 22.7 Å². The molecule has 8 heteroatoms. The summed E-state index contributed by atoms with van der Waals surface area (Å²) >= 11 is 2.81. The molecule has 0 saturated carbocycles. The number of carbonyl (C=O) groups is 2. The van der Waals surface area contributed by atoms with Crippen LogP contribution in [0.2, 0.25) is 0 Å². The van der Waals surface area contributed by atoms with Gasteiger partial charge in [-0.3, -0.25) is 4.79 Å². The van der Waals surface area contributed by atoms with E-state index < -0.39 is 24.5 Å². The van der Waals surface area contributed by atoms with Gasteiger partial charge in [-0.1, -0.05) is 6.07 Å². The van der Waals surface area contributed by atoms with Crippen LogP contribution >= 0.6 is 22.7 Å². The summed E-state index contributed by atoms with van der Waals surface area (Å²) in [5.41, 5.74) is 0.146. The van der Waals surface area contributed by atoms with Crippen LogP contribution in [0, 0.1) is 0 Å². The standard InChI is InChI=1S/C11H10N2O4S2/c14-4-6(11(16)17)12-9(15)7-5-19-10(13-7)8-2-1-3-18-8/h1-3,5-6,14H,4H2,(H,12,15)(H,16,17). The molecular formula is C11H10N2O4S2. The second kappa shape index (κ2) is 5.91. The quantitative estimate of drug-likeness (QED) is 0.766. The summed E-state index contributed by atoms with van der Waals surface area (Å²) < 4.78 is 0. The number of carbonyl (C=O) groups excluding carboxylic acids is 1. The first-order valence-corrected chi connectivity index (χ1v) is 7.01. The van der Waals surface area contributed by atoms with E-state index in [1.807, 2.05) is 17.5 Å². The smallest absolute Gasteiger partial charge is 0.328 e. The third-order valence-corrected chi connectivity index (χ3v) is 4.14. The molecule has 2 rings (SSSR count). The zero-order valence-corrected chi connectivity index (χ0v) is 11.2. The van der Waals surface area contributed by atoms with Gasteiger partial charge in [0.2, 0.25) is 0 Å². The topological polar surface area (TPSA) is 99.5 Å². The molecule has 1 unspecified atom stereocenters. The van der Waals surface area contributed by atoms with Gasteiger partial charge in [-0.25, -0.2) is 9.78 Å². The van der Waals surface area contributed by atoms with Crippen molar-refractivity contribution >= 4 is 34.6 Å². The molecule has 0 aliphatic heterocycles. The molecule has 0 spiro atoms. The molecule has 3 N–H and O–H groups in total. The van der Waals surface area contributed by atoms with Gasteiger partial charge < -0.3 is 15.5 Å². The van der Waals surface area contributed by atoms with Crippen molar-refractivity contribution < 1.29 is 19.8 Å². The van der Waals surface area contributed by atoms with Crippen molar-refractivity contribution in [1.82, 2.24) is 10.3 Å². The molecule has 19 heavy (non-hydrogen) atoms. The minimum Gasteiger partial charge on any atom is -0.480 e. The normalized spacial score (nSPS) is 12.1. The lowest BCUT2D eigenvalue weighted by Gasteiger charge is -2.09. The van der Waals surface area contributed by atoms with Crippen molar-refractivity contribution in [3.63, 3.8) is 0 Å². The molecule has 2 heterocycles. The van der Waals surface area contributed by atoms with E-state index >= 15 is 0 Å². The summed E-state index contributed by atoms with van der Waals surface area (Å²) in [7, 11) is 0. The van der Waals surface area contributed by atoms with Crippen LogP contribution in [-0.4, -0.2) is 39.7 Å². The van der Waals surface area contributed by atoms with Crippen molar-refractivity contribution in [2.75, 3.05) is 6.61 Å². The second-order valence-electron chi connectivity index (χ2n) is 3.56. The van der Waals surface area contributed by atoms with E-state index in [9.17, 15) is 9.59 Å². The van der Waals surface area contributed by atoms with E-state index in [0.717, 1.165) is 4.88 Å². The third-order valence-electron chi connectivity index (χ3n) is 2.25. The van der Waals surface area contributed by atoms with Crippen LogP contribution in [0.3, 0.4) is 0 Å². The van der Waals surface area contributed by atoms with Crippen molar-refractivity contribution in [3.8, 4) is 9.88 Å². The highest BCUT2D eigenvalue weighted by Crippen LogP contribution is 2.27. The van der Waals surface area contributed by atoms with E-state index in [0.29, 0.717) is 5.01 Å². The Morgan fingerprint density at radius 2 is 2.21 bits per heavy atom. The maximum absolute atomic E-state index is 11.8. The number of aliphatic carboxylic acids is 1. The Balaban J connectivity index is 2.10. The highest BCUT2D eigenvalue weighted by molar-refractivity contribution is 7.20. The molecule has 100 valence electrons. The molecule has 6 nitrogen and oxygen atoms in total. The number of thiazole rings is 1. The molecule has 1 atom stereocenters. The first-order chi connectivity index (χ1) is 9.11. The summed E-state index contributed by atoms with van der Waals surface area (Å²) in [6.45, 7) is -0.664. The Morgan fingerprint density at radius 3 is 2.79 bits per heavy atom. The van der Waals surface area contributed by atoms with Gasteiger partial charge in [0.15, 0.2) is 6.04 Å². The average molecular weight is 298 g/mol. The summed E-state index contributed by atoms with van der Waals surface area (Å²) in [6.07, 6.45) is 0. The van der Waals surface area contributed by atoms with Crippen LogP contribution in [0.25, 0.3) is 9.88 Å². The molecule has 1 amide bonds. The summed E-state index contributed by atoms with van der Waals surface area (Å²) in [5.74, 6) is -1.90. The zero-order chi connectivity index (χ0) is 13.8. The Bertz CT molecular complexity index is 579. The van der Waals surface area contributed by atoms with Gasteiger partial charge in [-0.05, 0) is 11.4 Å². The highest BCUT2D eigenvalue weighted by Gasteiger charge is 2.21. The van der Waals surface area contributed by atoms with Crippen molar-refractivity contribution in [2.45, 2.75) is 6.04 Å². The summed E-state index contributed by atoms with van der Waals surface area (Å²) in [6, 6.07) is 2.45. The molecule has 0 fully saturated rings. The Morgan fingerprint density at radius 1 is 1.42 bits per heavy atom. The lowest BCUT2D eigenvalue weighted by molar-refractivity contribution is -0.140. The van der Waals surface area contributed by atoms with Crippen molar-refractivity contribution in [3.05, 3.63) is 28.6 Å². The number of thiophene rings is 1. The van der Waals surface area contributed by atoms with Gasteiger partial charge in [0.1, 0.15) is 10.7 Å². The van der Waals surface area contributed by atoms with Crippen LogP contribution in [0.4, 0.5) is 0 Å². The molecule has 0 bridgehead atoms. The fraction of sp³-hybridized carbons (Fsp3) is 0.182. The van der Waals surface area contributed by atoms with Crippen LogP contribution in [0.5, 0.6) is 0 Å². The lowest BCUT2D eigenvalue weighted by Crippen LogP contribution is -2.43. The fourth-order valence-electron chi connectivity index (χ4n) is 1.31. The Labute approximate surface area is 116 Å². The predicted molar refractivity (Wildman–Crippen MR) is 71.4 cm³/mol. The number of carboxylic acids is 1. The fourth-order valence-corrected chi connectivity index (χ4v) is 2.92. The molecule has 2 aromatic heterocycles. The zero-order valence-electron chi connectivity index (χ0n) is 9.57. The number of carboxylic acid groups (broad SMARTS) is 1. The maximum atomic E-state index is 11.8. The van der Waals surface area contributed by atoms with Crippen molar-refractivity contribution in [1.29, 1.82) is 0 Å². The van der Waals surface area contributed by atoms with Gasteiger partial charge in [0, 0.05) is 5.38 Å². The first kappa shape index (κ1) is 13.7. The van der Waals surface area contributed by atoms with Crippen LogP contribution in [0.15, 0.2) is 22.9 Å². The van der Waals surface area contributed by atoms with Gasteiger partial charge >= 0.3 is 5.97 Å². The number of aromatic nitrogens is 1. The number of amides is 1. The lowest BCUT2D eigenvalue weighted by atomic mass is 10.3. The average Bonchev–Trinajstić information content (AvgIpc) is 3.04. The maximum Gasteiger partial charge on any atom is 0.328 e. The van der Waals surface area contributed by atoms with E-state index in [2.05, 4.69) is 10.3 Å². The van der Waals surface area contributed by atoms with Crippen molar-refractivity contribution in [2.24, 2.45) is 0 Å². The largest absolute Gasteiger partial charge is 0.480 e. The van der Waals surface area contributed by atoms with Crippen LogP contribution < -0.4 is 5.32 Å². The SMILES string of the molecule is O=C(NC(CO)C(=O)O)c1csc(-c2cccs2)n1. The second-order valence-corrected chi connectivity index (χ2v) is 5.37. The van der Waals surface area contributed by atoms with Gasteiger partial charge in [-0.15, -0.1) is 22.7 Å². The number of rotatable bonds is 5. The molecular weight excluding hydrogens is 288 g/mol. The predicted octanol–water partition coefficient (Wildman–Crippen LogP) is 1.05. The van der Waals surface area contributed by atoms with E-state index in [-0.39, 0.29) is 5.69 Å². The van der Waals surface area contributed by atoms with Crippen LogP contribution in [-0.2, 0) is 4.79 Å². The summed E-state index contributed by atoms with van der Waals surface area (Å²) in [4.78, 5) is 27.5. The number of aliphatic hydroxyl groups excluding tert-OH is 1. The van der Waals surface area contributed by atoms with Crippen LogP contribution in [0.1, 0.15) is 10.5 Å². The number of aliphatic hydroxyl groups is 1. The molecule has 0 aromatic carbocycles. The molecule has 0 aliphatic rings. The number of nitrogens with zero attached hydrogens (tertiary/aromatic N) is 1. The number of hydrogen-bond donors (Lipinski definition) is 3. The Kier molecular flexibility index (Phi) is 4.25. The summed E-state index contributed by atoms with van der Waals surface area (Å²) in [5, 5.41) is 23.9. The van der Waals surface area contributed by atoms with E-state index in [4.69, 9.17) is 10.2 Å². The molecule has 0 saturated heterocycles. The minimum absolute atomic E-state index is 0.146. The highest BCUT2D eigenvalue weighted by atomic mass is 32.1. The molecule has 0 aliphatic carbocycles. The van der Waals surface area contributed by atoms with Gasteiger partial charge in [-0.2, -0.15) is 0 Å².